The van der Waals surface area contributed by atoms with E-state index in [1.807, 2.05) is 13.8 Å². The summed E-state index contributed by atoms with van der Waals surface area (Å²) in [4.78, 5) is 23.3. The lowest BCUT2D eigenvalue weighted by Gasteiger charge is -2.12. The van der Waals surface area contributed by atoms with E-state index in [0.29, 0.717) is 17.1 Å². The second-order valence-electron chi connectivity index (χ2n) is 5.16. The number of hydrogen-bond acceptors (Lipinski definition) is 5. The monoisotopic (exact) mass is 296 g/mol. The van der Waals surface area contributed by atoms with Gasteiger partial charge in [0, 0.05) is 6.04 Å². The minimum Gasteiger partial charge on any atom is -0.454 e. The molecule has 21 heavy (non-hydrogen) atoms. The van der Waals surface area contributed by atoms with Gasteiger partial charge in [-0.1, -0.05) is 13.3 Å². The number of carbonyl (C=O) groups excluding carboxylic acids is 2. The average Bonchev–Trinajstić information content (AvgIpc) is 2.64. The maximum atomic E-state index is 11.7. The van der Waals surface area contributed by atoms with Gasteiger partial charge in [-0.25, -0.2) is 0 Å². The van der Waals surface area contributed by atoms with E-state index >= 15 is 0 Å². The van der Waals surface area contributed by atoms with Crippen molar-refractivity contribution in [2.45, 2.75) is 53.1 Å². The molecule has 1 heterocycles. The summed E-state index contributed by atoms with van der Waals surface area (Å²) in [5, 5.41) is 6.91. The molecule has 0 aliphatic rings. The van der Waals surface area contributed by atoms with Gasteiger partial charge >= 0.3 is 5.97 Å². The number of aromatic nitrogens is 2. The highest BCUT2D eigenvalue weighted by Crippen LogP contribution is 2.14. The van der Waals surface area contributed by atoms with Crippen LogP contribution in [0.2, 0.25) is 0 Å². The molecular weight excluding hydrogens is 272 g/mol. The first-order chi connectivity index (χ1) is 9.85. The predicted octanol–water partition coefficient (Wildman–Crippen LogP) is 0.930. The van der Waals surface area contributed by atoms with Crippen molar-refractivity contribution in [2.24, 2.45) is 0 Å². The maximum Gasteiger partial charge on any atom is 0.328 e. The third kappa shape index (κ3) is 5.09. The van der Waals surface area contributed by atoms with Crippen molar-refractivity contribution in [2.75, 3.05) is 12.3 Å². The van der Waals surface area contributed by atoms with Gasteiger partial charge in [-0.2, -0.15) is 5.10 Å². The summed E-state index contributed by atoms with van der Waals surface area (Å²) in [6.07, 6.45) is 1.88. The number of nitrogens with zero attached hydrogens (tertiary/aromatic N) is 2. The van der Waals surface area contributed by atoms with Gasteiger partial charge in [0.05, 0.1) is 17.1 Å². The van der Waals surface area contributed by atoms with Crippen LogP contribution in [-0.2, 0) is 20.9 Å². The average molecular weight is 296 g/mol. The third-order valence-electron chi connectivity index (χ3n) is 3.21. The molecule has 1 amide bonds. The molecule has 7 heteroatoms. The van der Waals surface area contributed by atoms with Crippen molar-refractivity contribution in [3.05, 3.63) is 11.4 Å². The normalized spacial score (nSPS) is 12.0. The first-order valence-corrected chi connectivity index (χ1v) is 7.09. The first kappa shape index (κ1) is 17.0. The lowest BCUT2D eigenvalue weighted by molar-refractivity contribution is -0.149. The number of nitrogen functional groups attached to an aromatic ring is 1. The highest BCUT2D eigenvalue weighted by Gasteiger charge is 2.14. The Bertz CT molecular complexity index is 511. The van der Waals surface area contributed by atoms with Gasteiger partial charge < -0.3 is 15.8 Å². The fourth-order valence-electron chi connectivity index (χ4n) is 2.00. The topological polar surface area (TPSA) is 99.2 Å². The number of aryl methyl sites for hydroxylation is 1. The summed E-state index contributed by atoms with van der Waals surface area (Å²) in [5.74, 6) is -0.809. The molecule has 1 aromatic rings. The molecule has 0 saturated carbocycles. The maximum absolute atomic E-state index is 11.7. The van der Waals surface area contributed by atoms with Crippen LogP contribution in [-0.4, -0.2) is 34.3 Å². The van der Waals surface area contributed by atoms with Gasteiger partial charge in [-0.05, 0) is 27.2 Å². The molecule has 0 aromatic carbocycles. The van der Waals surface area contributed by atoms with Crippen molar-refractivity contribution in [3.8, 4) is 0 Å². The van der Waals surface area contributed by atoms with Crippen LogP contribution in [0.5, 0.6) is 0 Å². The molecule has 3 N–H and O–H groups in total. The van der Waals surface area contributed by atoms with Crippen molar-refractivity contribution >= 4 is 17.6 Å². The van der Waals surface area contributed by atoms with Gasteiger partial charge in [0.2, 0.25) is 0 Å². The summed E-state index contributed by atoms with van der Waals surface area (Å²) in [6.45, 7) is 7.18. The Kier molecular flexibility index (Phi) is 6.20. The second-order valence-corrected chi connectivity index (χ2v) is 5.16. The van der Waals surface area contributed by atoms with E-state index in [4.69, 9.17) is 10.5 Å². The van der Waals surface area contributed by atoms with Crippen molar-refractivity contribution < 1.29 is 14.3 Å². The number of anilines is 1. The summed E-state index contributed by atoms with van der Waals surface area (Å²) >= 11 is 0. The van der Waals surface area contributed by atoms with Crippen LogP contribution in [0, 0.1) is 13.8 Å². The molecule has 0 radical (unpaired) electrons. The molecule has 0 aliphatic carbocycles. The Hall–Kier alpha value is -2.05. The smallest absolute Gasteiger partial charge is 0.328 e. The largest absolute Gasteiger partial charge is 0.454 e. The highest BCUT2D eigenvalue weighted by molar-refractivity contribution is 5.80. The standard InChI is InChI=1S/C14H24N4O3/c1-5-6-9(2)16-12(19)8-21-13(20)7-18-11(4)14(15)10(3)17-18/h9H,5-8,15H2,1-4H3,(H,16,19). The minimum absolute atomic E-state index is 0.0539. The third-order valence-corrected chi connectivity index (χ3v) is 3.21. The van der Waals surface area contributed by atoms with Crippen LogP contribution >= 0.6 is 0 Å². The van der Waals surface area contributed by atoms with Gasteiger partial charge in [0.25, 0.3) is 5.91 Å². The molecule has 0 bridgehead atoms. The Balaban J connectivity index is 2.40. The SMILES string of the molecule is CCCC(C)NC(=O)COC(=O)Cn1nc(C)c(N)c1C. The van der Waals surface area contributed by atoms with Crippen LogP contribution < -0.4 is 11.1 Å². The van der Waals surface area contributed by atoms with Crippen molar-refractivity contribution in [1.29, 1.82) is 0 Å². The lowest BCUT2D eigenvalue weighted by Crippen LogP contribution is -2.36. The fourth-order valence-corrected chi connectivity index (χ4v) is 2.00. The van der Waals surface area contributed by atoms with Crippen LogP contribution in [0.15, 0.2) is 0 Å². The van der Waals surface area contributed by atoms with Gasteiger partial charge in [0.1, 0.15) is 6.54 Å². The minimum atomic E-state index is -0.515. The second kappa shape index (κ2) is 7.66. The number of hydrogen-bond donors (Lipinski definition) is 2. The molecule has 1 unspecified atom stereocenters. The molecule has 118 valence electrons. The Labute approximate surface area is 124 Å². The molecule has 0 fully saturated rings. The Morgan fingerprint density at radius 2 is 2.10 bits per heavy atom. The van der Waals surface area contributed by atoms with Crippen LogP contribution in [0.1, 0.15) is 38.1 Å². The lowest BCUT2D eigenvalue weighted by atomic mass is 10.2. The van der Waals surface area contributed by atoms with Crippen LogP contribution in [0.3, 0.4) is 0 Å². The number of carbonyl (C=O) groups is 2. The molecule has 0 aliphatic heterocycles. The van der Waals surface area contributed by atoms with E-state index in [1.54, 1.807) is 13.8 Å². The number of nitrogens with one attached hydrogen (secondary N) is 1. The summed E-state index contributed by atoms with van der Waals surface area (Å²) in [6, 6.07) is 0.0806. The number of esters is 1. The number of rotatable bonds is 7. The molecule has 0 saturated heterocycles. The summed E-state index contributed by atoms with van der Waals surface area (Å²) < 4.78 is 6.42. The summed E-state index contributed by atoms with van der Waals surface area (Å²) in [5.41, 5.74) is 7.73. The molecule has 1 aromatic heterocycles. The number of ether oxygens (including phenoxy) is 1. The van der Waals surface area contributed by atoms with Crippen molar-refractivity contribution in [1.82, 2.24) is 15.1 Å². The molecule has 0 spiro atoms. The highest BCUT2D eigenvalue weighted by atomic mass is 16.5. The van der Waals surface area contributed by atoms with Gasteiger partial charge in [0.15, 0.2) is 6.61 Å². The zero-order chi connectivity index (χ0) is 16.0. The predicted molar refractivity (Wildman–Crippen MR) is 79.6 cm³/mol. The zero-order valence-electron chi connectivity index (χ0n) is 13.1. The van der Waals surface area contributed by atoms with E-state index in [-0.39, 0.29) is 25.1 Å². The molecule has 1 rings (SSSR count). The summed E-state index contributed by atoms with van der Waals surface area (Å²) in [7, 11) is 0. The van der Waals surface area contributed by atoms with Crippen LogP contribution in [0.4, 0.5) is 5.69 Å². The Morgan fingerprint density at radius 3 is 2.62 bits per heavy atom. The first-order valence-electron chi connectivity index (χ1n) is 7.09. The quantitative estimate of drug-likeness (QED) is 0.729. The van der Waals surface area contributed by atoms with Gasteiger partial charge in [-0.15, -0.1) is 0 Å². The Morgan fingerprint density at radius 1 is 1.43 bits per heavy atom. The fraction of sp³-hybridized carbons (Fsp3) is 0.643. The number of nitrogens with two attached hydrogens (primary N) is 1. The van der Waals surface area contributed by atoms with E-state index < -0.39 is 5.97 Å². The van der Waals surface area contributed by atoms with E-state index in [1.165, 1.54) is 4.68 Å². The number of amides is 1. The molecule has 1 atom stereocenters. The van der Waals surface area contributed by atoms with Crippen molar-refractivity contribution in [3.63, 3.8) is 0 Å². The van der Waals surface area contributed by atoms with E-state index in [2.05, 4.69) is 10.4 Å². The van der Waals surface area contributed by atoms with Crippen LogP contribution in [0.25, 0.3) is 0 Å². The zero-order valence-corrected chi connectivity index (χ0v) is 13.1. The van der Waals surface area contributed by atoms with E-state index in [9.17, 15) is 9.59 Å². The van der Waals surface area contributed by atoms with E-state index in [0.717, 1.165) is 12.8 Å². The molecule has 7 nitrogen and oxygen atoms in total. The van der Waals surface area contributed by atoms with Gasteiger partial charge in [-0.3, -0.25) is 14.3 Å². The molecular formula is C14H24N4O3.